The summed E-state index contributed by atoms with van der Waals surface area (Å²) >= 11 is 1.45. The van der Waals surface area contributed by atoms with Gasteiger partial charge in [-0.2, -0.15) is 0 Å². The lowest BCUT2D eigenvalue weighted by molar-refractivity contribution is -0.139. The highest BCUT2D eigenvalue weighted by Gasteiger charge is 2.13. The van der Waals surface area contributed by atoms with Gasteiger partial charge in [0, 0.05) is 5.38 Å². The van der Waals surface area contributed by atoms with Crippen molar-refractivity contribution in [2.75, 3.05) is 21.3 Å². The highest BCUT2D eigenvalue weighted by molar-refractivity contribution is 7.13. The van der Waals surface area contributed by atoms with Gasteiger partial charge in [-0.1, -0.05) is 0 Å². The summed E-state index contributed by atoms with van der Waals surface area (Å²) < 4.78 is 15.2. The van der Waals surface area contributed by atoms with Crippen LogP contribution in [-0.2, 0) is 16.0 Å². The van der Waals surface area contributed by atoms with E-state index in [0.717, 1.165) is 16.3 Å². The number of carbonyl (C=O) groups excluding carboxylic acids is 1. The molecule has 0 atom stereocenters. The van der Waals surface area contributed by atoms with E-state index in [2.05, 4.69) is 9.72 Å². The lowest BCUT2D eigenvalue weighted by atomic mass is 10.2. The van der Waals surface area contributed by atoms with Gasteiger partial charge in [0.15, 0.2) is 0 Å². The third-order valence-corrected chi connectivity index (χ3v) is 3.67. The van der Waals surface area contributed by atoms with Crippen molar-refractivity contribution >= 4 is 17.3 Å². The number of rotatable bonds is 5. The maximum Gasteiger partial charge on any atom is 0.311 e. The summed E-state index contributed by atoms with van der Waals surface area (Å²) in [5, 5.41) is 2.62. The second-order valence-electron chi connectivity index (χ2n) is 3.96. The van der Waals surface area contributed by atoms with Gasteiger partial charge in [0.05, 0.1) is 39.0 Å². The number of ether oxygens (including phenoxy) is 3. The number of thiazole rings is 1. The van der Waals surface area contributed by atoms with Crippen molar-refractivity contribution in [1.29, 1.82) is 0 Å². The van der Waals surface area contributed by atoms with Gasteiger partial charge in [-0.15, -0.1) is 11.3 Å². The van der Waals surface area contributed by atoms with Crippen molar-refractivity contribution < 1.29 is 19.0 Å². The zero-order chi connectivity index (χ0) is 14.5. The SMILES string of the molecule is COC(=O)Cc1csc(-c2cc(OC)ccc2OC)n1. The topological polar surface area (TPSA) is 57.7 Å². The van der Waals surface area contributed by atoms with E-state index in [1.165, 1.54) is 18.4 Å². The quantitative estimate of drug-likeness (QED) is 0.793. The van der Waals surface area contributed by atoms with Crippen molar-refractivity contribution in [3.05, 3.63) is 29.3 Å². The Labute approximate surface area is 121 Å². The molecule has 2 rings (SSSR count). The molecule has 0 unspecified atom stereocenters. The van der Waals surface area contributed by atoms with Crippen LogP contribution in [0.3, 0.4) is 0 Å². The number of hydrogen-bond donors (Lipinski definition) is 0. The van der Waals surface area contributed by atoms with Gasteiger partial charge in [0.1, 0.15) is 16.5 Å². The Morgan fingerprint density at radius 1 is 1.25 bits per heavy atom. The monoisotopic (exact) mass is 293 g/mol. The van der Waals surface area contributed by atoms with Gasteiger partial charge in [0.25, 0.3) is 0 Å². The lowest BCUT2D eigenvalue weighted by Gasteiger charge is -2.08. The molecule has 1 aromatic heterocycles. The number of esters is 1. The molecule has 2 aromatic rings. The second kappa shape index (κ2) is 6.38. The number of nitrogens with zero attached hydrogens (tertiary/aromatic N) is 1. The third-order valence-electron chi connectivity index (χ3n) is 2.74. The van der Waals surface area contributed by atoms with E-state index in [1.807, 2.05) is 23.6 Å². The Hall–Kier alpha value is -2.08. The standard InChI is InChI=1S/C14H15NO4S/c1-17-10-4-5-12(18-2)11(7-10)14-15-9(8-20-14)6-13(16)19-3/h4-5,7-8H,6H2,1-3H3. The molecule has 0 radical (unpaired) electrons. The van der Waals surface area contributed by atoms with Gasteiger partial charge in [0.2, 0.25) is 0 Å². The number of methoxy groups -OCH3 is 3. The van der Waals surface area contributed by atoms with Crippen LogP contribution in [0, 0.1) is 0 Å². The Balaban J connectivity index is 2.33. The van der Waals surface area contributed by atoms with E-state index in [-0.39, 0.29) is 12.4 Å². The number of carbonyl (C=O) groups is 1. The molecule has 0 saturated carbocycles. The lowest BCUT2D eigenvalue weighted by Crippen LogP contribution is -2.04. The van der Waals surface area contributed by atoms with Gasteiger partial charge >= 0.3 is 5.97 Å². The first-order valence-corrected chi connectivity index (χ1v) is 6.79. The Bertz CT molecular complexity index is 609. The summed E-state index contributed by atoms with van der Waals surface area (Å²) in [5.74, 6) is 1.13. The summed E-state index contributed by atoms with van der Waals surface area (Å²) in [5.41, 5.74) is 1.52. The maximum absolute atomic E-state index is 11.2. The fraction of sp³-hybridized carbons (Fsp3) is 0.286. The van der Waals surface area contributed by atoms with Crippen LogP contribution >= 0.6 is 11.3 Å². The highest BCUT2D eigenvalue weighted by atomic mass is 32.1. The van der Waals surface area contributed by atoms with Crippen LogP contribution < -0.4 is 9.47 Å². The predicted molar refractivity (Wildman–Crippen MR) is 76.4 cm³/mol. The van der Waals surface area contributed by atoms with Crippen molar-refractivity contribution in [2.45, 2.75) is 6.42 Å². The summed E-state index contributed by atoms with van der Waals surface area (Å²) in [7, 11) is 4.57. The zero-order valence-corrected chi connectivity index (χ0v) is 12.3. The third kappa shape index (κ3) is 3.08. The number of aromatic nitrogens is 1. The first-order valence-electron chi connectivity index (χ1n) is 5.91. The first kappa shape index (κ1) is 14.3. The molecule has 5 nitrogen and oxygen atoms in total. The fourth-order valence-corrected chi connectivity index (χ4v) is 2.55. The fourth-order valence-electron chi connectivity index (χ4n) is 1.71. The molecule has 1 aromatic carbocycles. The Kier molecular flexibility index (Phi) is 4.57. The van der Waals surface area contributed by atoms with Crippen molar-refractivity contribution in [1.82, 2.24) is 4.98 Å². The Morgan fingerprint density at radius 2 is 2.05 bits per heavy atom. The molecule has 0 N–H and O–H groups in total. The molecule has 0 fully saturated rings. The molecular weight excluding hydrogens is 278 g/mol. The average Bonchev–Trinajstić information content (AvgIpc) is 2.94. The molecule has 0 aliphatic heterocycles. The maximum atomic E-state index is 11.2. The molecule has 1 heterocycles. The van der Waals surface area contributed by atoms with Crippen LogP contribution in [0.5, 0.6) is 11.5 Å². The minimum Gasteiger partial charge on any atom is -0.497 e. The molecule has 0 aliphatic rings. The molecule has 6 heteroatoms. The molecule has 0 amide bonds. The van der Waals surface area contributed by atoms with Crippen LogP contribution in [0.25, 0.3) is 10.6 Å². The van der Waals surface area contributed by atoms with E-state index in [0.29, 0.717) is 11.4 Å². The predicted octanol–water partition coefficient (Wildman–Crippen LogP) is 2.54. The van der Waals surface area contributed by atoms with Crippen LogP contribution in [-0.4, -0.2) is 32.3 Å². The Morgan fingerprint density at radius 3 is 2.70 bits per heavy atom. The minimum absolute atomic E-state index is 0.166. The summed E-state index contributed by atoms with van der Waals surface area (Å²) in [6.45, 7) is 0. The van der Waals surface area contributed by atoms with Gasteiger partial charge < -0.3 is 14.2 Å². The minimum atomic E-state index is -0.306. The average molecular weight is 293 g/mol. The molecule has 0 bridgehead atoms. The van der Waals surface area contributed by atoms with E-state index in [4.69, 9.17) is 9.47 Å². The van der Waals surface area contributed by atoms with Crippen LogP contribution in [0.2, 0.25) is 0 Å². The summed E-state index contributed by atoms with van der Waals surface area (Å²) in [4.78, 5) is 15.7. The van der Waals surface area contributed by atoms with Crippen molar-refractivity contribution in [3.63, 3.8) is 0 Å². The smallest absolute Gasteiger partial charge is 0.311 e. The van der Waals surface area contributed by atoms with Crippen LogP contribution in [0.4, 0.5) is 0 Å². The summed E-state index contributed by atoms with van der Waals surface area (Å²) in [6.07, 6.45) is 0.166. The van der Waals surface area contributed by atoms with Gasteiger partial charge in [-0.3, -0.25) is 4.79 Å². The van der Waals surface area contributed by atoms with E-state index in [9.17, 15) is 4.79 Å². The van der Waals surface area contributed by atoms with Crippen LogP contribution in [0.15, 0.2) is 23.6 Å². The largest absolute Gasteiger partial charge is 0.497 e. The molecule has 0 saturated heterocycles. The second-order valence-corrected chi connectivity index (χ2v) is 4.82. The van der Waals surface area contributed by atoms with E-state index in [1.54, 1.807) is 14.2 Å². The molecule has 0 aliphatic carbocycles. The van der Waals surface area contributed by atoms with Gasteiger partial charge in [-0.25, -0.2) is 4.98 Å². The number of hydrogen-bond acceptors (Lipinski definition) is 6. The molecular formula is C14H15NO4S. The zero-order valence-electron chi connectivity index (χ0n) is 11.5. The highest BCUT2D eigenvalue weighted by Crippen LogP contribution is 2.35. The first-order chi connectivity index (χ1) is 9.67. The molecule has 106 valence electrons. The van der Waals surface area contributed by atoms with E-state index < -0.39 is 0 Å². The molecule has 0 spiro atoms. The van der Waals surface area contributed by atoms with Crippen LogP contribution in [0.1, 0.15) is 5.69 Å². The van der Waals surface area contributed by atoms with Crippen molar-refractivity contribution in [2.24, 2.45) is 0 Å². The number of benzene rings is 1. The summed E-state index contributed by atoms with van der Waals surface area (Å²) in [6, 6.07) is 5.51. The van der Waals surface area contributed by atoms with E-state index >= 15 is 0 Å². The van der Waals surface area contributed by atoms with Crippen molar-refractivity contribution in [3.8, 4) is 22.1 Å². The normalized spacial score (nSPS) is 10.2. The van der Waals surface area contributed by atoms with Gasteiger partial charge in [-0.05, 0) is 18.2 Å². The molecule has 20 heavy (non-hydrogen) atoms.